The van der Waals surface area contributed by atoms with E-state index in [2.05, 4.69) is 25.2 Å². The minimum Gasteiger partial charge on any atom is -0.323 e. The van der Waals surface area contributed by atoms with Crippen LogP contribution in [0.1, 0.15) is 67.7 Å². The van der Waals surface area contributed by atoms with Gasteiger partial charge in [-0.05, 0) is 57.7 Å². The molecule has 2 aliphatic carbocycles. The highest BCUT2D eigenvalue weighted by molar-refractivity contribution is 5.76. The van der Waals surface area contributed by atoms with Gasteiger partial charge in [-0.25, -0.2) is 14.5 Å². The van der Waals surface area contributed by atoms with Gasteiger partial charge in [0, 0.05) is 49.5 Å². The summed E-state index contributed by atoms with van der Waals surface area (Å²) in [5, 5.41) is 10.6. The number of hydrogen-bond acceptors (Lipinski definition) is 5. The SMILES string of the molecule is O=C(N1CC2(CCN(Cc3cc(C(F)(F)F)[nH]n3)CC2)C1)N1CC2(CC(n3cnc(C4CC4)n3)C2)C1. The molecule has 0 atom stereocenters. The maximum absolute atomic E-state index is 13.0. The molecule has 2 aromatic heterocycles. The minimum atomic E-state index is -4.40. The number of carbonyl (C=O) groups excluding carboxylic acids is 1. The number of nitrogens with one attached hydrogen (secondary N) is 1. The molecule has 0 radical (unpaired) electrons. The highest BCUT2D eigenvalue weighted by Gasteiger charge is 2.57. The van der Waals surface area contributed by atoms with Crippen molar-refractivity contribution >= 4 is 6.03 Å². The Morgan fingerprint density at radius 2 is 1.72 bits per heavy atom. The summed E-state index contributed by atoms with van der Waals surface area (Å²) < 4.78 is 40.4. The number of halogens is 3. The van der Waals surface area contributed by atoms with Gasteiger partial charge in [-0.2, -0.15) is 23.4 Å². The molecule has 5 fully saturated rings. The fourth-order valence-electron chi connectivity index (χ4n) is 6.70. The van der Waals surface area contributed by atoms with Gasteiger partial charge in [0.2, 0.25) is 0 Å². The van der Waals surface area contributed by atoms with Crippen LogP contribution in [0.2, 0.25) is 0 Å². The second-order valence-electron chi connectivity index (χ2n) is 12.0. The van der Waals surface area contributed by atoms with Crippen LogP contribution < -0.4 is 0 Å². The summed E-state index contributed by atoms with van der Waals surface area (Å²) in [4.78, 5) is 23.6. The lowest BCUT2D eigenvalue weighted by Crippen LogP contribution is -2.70. The Bertz CT molecular complexity index is 1140. The summed E-state index contributed by atoms with van der Waals surface area (Å²) in [7, 11) is 0. The van der Waals surface area contributed by atoms with Gasteiger partial charge in [0.05, 0.1) is 11.7 Å². The Kier molecular flexibility index (Phi) is 4.82. The Morgan fingerprint density at radius 1 is 1.06 bits per heavy atom. The molecule has 12 heteroatoms. The second-order valence-corrected chi connectivity index (χ2v) is 12.0. The Hall–Kier alpha value is -2.63. The molecule has 2 aromatic rings. The van der Waals surface area contributed by atoms with Crippen molar-refractivity contribution in [3.05, 3.63) is 29.6 Å². The van der Waals surface area contributed by atoms with Crippen molar-refractivity contribution in [2.24, 2.45) is 10.8 Å². The van der Waals surface area contributed by atoms with Crippen LogP contribution in [0.3, 0.4) is 0 Å². The standard InChI is InChI=1S/C24H31F3N8O/c25-24(26,27)19-7-17(29-30-19)10-32-5-3-22(4-6-32)11-33(12-22)21(36)34-13-23(14-34)8-18(9-23)35-15-28-20(31-35)16-1-2-16/h7,15-16,18H,1-6,8-14H2,(H,29,30). The van der Waals surface area contributed by atoms with E-state index in [1.807, 2.05) is 20.8 Å². The lowest BCUT2D eigenvalue weighted by Gasteiger charge is -2.61. The fourth-order valence-corrected chi connectivity index (χ4v) is 6.70. The molecule has 1 N–H and O–H groups in total. The van der Waals surface area contributed by atoms with Crippen LogP contribution in [0, 0.1) is 10.8 Å². The van der Waals surface area contributed by atoms with E-state index in [4.69, 9.17) is 0 Å². The van der Waals surface area contributed by atoms with Crippen molar-refractivity contribution in [2.45, 2.75) is 63.2 Å². The Morgan fingerprint density at radius 3 is 2.33 bits per heavy atom. The molecule has 5 aliphatic rings. The van der Waals surface area contributed by atoms with Gasteiger partial charge in [0.15, 0.2) is 5.82 Å². The smallest absolute Gasteiger partial charge is 0.323 e. The first-order valence-corrected chi connectivity index (χ1v) is 13.0. The number of carbonyl (C=O) groups is 1. The van der Waals surface area contributed by atoms with E-state index < -0.39 is 11.9 Å². The van der Waals surface area contributed by atoms with E-state index in [1.165, 1.54) is 12.8 Å². The average Bonchev–Trinajstić information content (AvgIpc) is 3.29. The zero-order chi connectivity index (χ0) is 24.7. The number of urea groups is 1. The molecule has 2 saturated carbocycles. The maximum atomic E-state index is 13.0. The van der Waals surface area contributed by atoms with E-state index in [1.54, 1.807) is 0 Å². The molecule has 2 spiro atoms. The quantitative estimate of drug-likeness (QED) is 0.691. The second kappa shape index (κ2) is 7.69. The first-order valence-electron chi connectivity index (χ1n) is 13.0. The predicted octanol–water partition coefficient (Wildman–Crippen LogP) is 3.25. The molecule has 0 aromatic carbocycles. The van der Waals surface area contributed by atoms with Gasteiger partial charge in [0.1, 0.15) is 12.0 Å². The number of aromatic nitrogens is 5. The van der Waals surface area contributed by atoms with Crippen LogP contribution in [-0.4, -0.2) is 85.0 Å². The number of aromatic amines is 1. The van der Waals surface area contributed by atoms with Crippen molar-refractivity contribution < 1.29 is 18.0 Å². The number of H-pyrrole nitrogens is 1. The van der Waals surface area contributed by atoms with E-state index >= 15 is 0 Å². The van der Waals surface area contributed by atoms with Gasteiger partial charge in [-0.3, -0.25) is 10.00 Å². The molecule has 36 heavy (non-hydrogen) atoms. The summed E-state index contributed by atoms with van der Waals surface area (Å²) in [5.41, 5.74) is 0.0370. The first-order chi connectivity index (χ1) is 17.2. The zero-order valence-electron chi connectivity index (χ0n) is 20.2. The molecule has 3 saturated heterocycles. The summed E-state index contributed by atoms with van der Waals surface area (Å²) in [5.74, 6) is 1.57. The number of rotatable bonds is 4. The lowest BCUT2D eigenvalue weighted by atomic mass is 9.60. The zero-order valence-corrected chi connectivity index (χ0v) is 20.2. The van der Waals surface area contributed by atoms with Crippen LogP contribution >= 0.6 is 0 Å². The van der Waals surface area contributed by atoms with Crippen LogP contribution in [0.5, 0.6) is 0 Å². The van der Waals surface area contributed by atoms with Crippen molar-refractivity contribution in [1.29, 1.82) is 0 Å². The number of amides is 2. The van der Waals surface area contributed by atoms with Gasteiger partial charge < -0.3 is 9.80 Å². The van der Waals surface area contributed by atoms with E-state index in [9.17, 15) is 18.0 Å². The molecule has 2 amide bonds. The van der Waals surface area contributed by atoms with Crippen molar-refractivity contribution in [3.8, 4) is 0 Å². The fraction of sp³-hybridized carbons (Fsp3) is 0.750. The van der Waals surface area contributed by atoms with Crippen LogP contribution in [0.25, 0.3) is 0 Å². The summed E-state index contributed by atoms with van der Waals surface area (Å²) in [6, 6.07) is 1.67. The number of hydrogen-bond donors (Lipinski definition) is 1. The predicted molar refractivity (Wildman–Crippen MR) is 122 cm³/mol. The first kappa shape index (κ1) is 22.6. The molecule has 194 valence electrons. The highest BCUT2D eigenvalue weighted by atomic mass is 19.4. The summed E-state index contributed by atoms with van der Waals surface area (Å²) in [6.07, 6.45) is 3.97. The summed E-state index contributed by atoms with van der Waals surface area (Å²) >= 11 is 0. The highest BCUT2D eigenvalue weighted by Crippen LogP contribution is 2.54. The lowest BCUT2D eigenvalue weighted by molar-refractivity contribution is -0.141. The molecule has 0 unspecified atom stereocenters. The number of nitrogens with zero attached hydrogens (tertiary/aromatic N) is 7. The third-order valence-corrected chi connectivity index (χ3v) is 9.06. The molecule has 9 nitrogen and oxygen atoms in total. The number of alkyl halides is 3. The van der Waals surface area contributed by atoms with E-state index in [-0.39, 0.29) is 16.9 Å². The van der Waals surface area contributed by atoms with Gasteiger partial charge in [-0.15, -0.1) is 0 Å². The van der Waals surface area contributed by atoms with Crippen molar-refractivity contribution in [2.75, 3.05) is 39.3 Å². The minimum absolute atomic E-state index is 0.158. The molecule has 3 aliphatic heterocycles. The Balaban J connectivity index is 0.843. The van der Waals surface area contributed by atoms with Crippen molar-refractivity contribution in [3.63, 3.8) is 0 Å². The van der Waals surface area contributed by atoms with Crippen LogP contribution in [0.4, 0.5) is 18.0 Å². The third kappa shape index (κ3) is 3.88. The van der Waals surface area contributed by atoms with Gasteiger partial charge >= 0.3 is 12.2 Å². The number of likely N-dealkylation sites (tertiary alicyclic amines) is 3. The van der Waals surface area contributed by atoms with Crippen molar-refractivity contribution in [1.82, 2.24) is 39.7 Å². The molecular weight excluding hydrogens is 473 g/mol. The van der Waals surface area contributed by atoms with E-state index in [0.29, 0.717) is 24.2 Å². The number of piperidine rings is 1. The molecule has 0 bridgehead atoms. The molecule has 5 heterocycles. The molecule has 7 rings (SSSR count). The molecular formula is C24H31F3N8O. The van der Waals surface area contributed by atoms with Crippen LogP contribution in [-0.2, 0) is 12.7 Å². The normalized spacial score (nSPS) is 25.6. The topological polar surface area (TPSA) is 86.2 Å². The monoisotopic (exact) mass is 504 g/mol. The van der Waals surface area contributed by atoms with E-state index in [0.717, 1.165) is 76.8 Å². The average molecular weight is 505 g/mol. The maximum Gasteiger partial charge on any atom is 0.432 e. The van der Waals surface area contributed by atoms with Gasteiger partial charge in [-0.1, -0.05) is 0 Å². The van der Waals surface area contributed by atoms with Gasteiger partial charge in [0.25, 0.3) is 0 Å². The van der Waals surface area contributed by atoms with Crippen LogP contribution in [0.15, 0.2) is 12.4 Å². The third-order valence-electron chi connectivity index (χ3n) is 9.06. The largest absolute Gasteiger partial charge is 0.432 e. The Labute approximate surface area is 207 Å². The summed E-state index contributed by atoms with van der Waals surface area (Å²) in [6.45, 7) is 5.30.